The van der Waals surface area contributed by atoms with Crippen LogP contribution in [0.1, 0.15) is 53.2 Å². The van der Waals surface area contributed by atoms with Crippen LogP contribution in [0.2, 0.25) is 0 Å². The number of hydrogen-bond acceptors (Lipinski definition) is 4. The second-order valence-corrected chi connectivity index (χ2v) is 9.03. The number of aldehydes is 1. The van der Waals surface area contributed by atoms with Crippen molar-refractivity contribution in [3.8, 4) is 11.3 Å². The predicted octanol–water partition coefficient (Wildman–Crippen LogP) is 5.04. The van der Waals surface area contributed by atoms with Gasteiger partial charge >= 0.3 is 0 Å². The lowest BCUT2D eigenvalue weighted by molar-refractivity contribution is 0.0246. The number of rotatable bonds is 3. The highest BCUT2D eigenvalue weighted by Crippen LogP contribution is 2.43. The van der Waals surface area contributed by atoms with Gasteiger partial charge in [0.1, 0.15) is 11.3 Å². The maximum absolute atomic E-state index is 13.6. The summed E-state index contributed by atoms with van der Waals surface area (Å²) in [5.41, 5.74) is 5.30. The second kappa shape index (κ2) is 8.96. The van der Waals surface area contributed by atoms with Crippen molar-refractivity contribution in [2.24, 2.45) is 7.05 Å². The molecule has 0 aliphatic carbocycles. The molecule has 1 saturated heterocycles. The van der Waals surface area contributed by atoms with Crippen molar-refractivity contribution in [1.82, 2.24) is 24.1 Å². The van der Waals surface area contributed by atoms with E-state index in [9.17, 15) is 18.0 Å². The highest BCUT2D eigenvalue weighted by Gasteiger charge is 2.42. The van der Waals surface area contributed by atoms with Crippen molar-refractivity contribution >= 4 is 11.9 Å². The first-order valence-electron chi connectivity index (χ1n) is 11.7. The van der Waals surface area contributed by atoms with Crippen molar-refractivity contribution < 1.29 is 18.0 Å². The molecule has 6 nitrogen and oxygen atoms in total. The number of nitrogens with zero attached hydrogens (tertiary/aromatic N) is 5. The average Bonchev–Trinajstić information content (AvgIpc) is 3.33. The van der Waals surface area contributed by atoms with E-state index < -0.39 is 17.5 Å². The monoisotopic (exact) mass is 481 g/mol. The number of halogens is 3. The van der Waals surface area contributed by atoms with Gasteiger partial charge in [-0.15, -0.1) is 0 Å². The first-order valence-corrected chi connectivity index (χ1v) is 11.7. The number of carbonyl (C=O) groups excluding carboxylic acids is 1. The Morgan fingerprint density at radius 3 is 2.54 bits per heavy atom. The molecule has 2 aliphatic rings. The summed E-state index contributed by atoms with van der Waals surface area (Å²) in [6.07, 6.45) is 5.58. The normalized spacial score (nSPS) is 18.9. The Morgan fingerprint density at radius 1 is 1.17 bits per heavy atom. The summed E-state index contributed by atoms with van der Waals surface area (Å²) in [7, 11) is 1.77. The minimum Gasteiger partial charge on any atom is -0.297 e. The predicted molar refractivity (Wildman–Crippen MR) is 126 cm³/mol. The Hall–Kier alpha value is -3.46. The van der Waals surface area contributed by atoms with Crippen LogP contribution >= 0.6 is 0 Å². The van der Waals surface area contributed by atoms with Gasteiger partial charge < -0.3 is 0 Å². The summed E-state index contributed by atoms with van der Waals surface area (Å²) < 4.78 is 44.0. The molecule has 0 saturated carbocycles. The van der Waals surface area contributed by atoms with Crippen LogP contribution < -0.4 is 0 Å². The molecule has 2 unspecified atom stereocenters. The largest absolute Gasteiger partial charge is 0.297 e. The smallest absolute Gasteiger partial charge is 0.194 e. The fourth-order valence-corrected chi connectivity index (χ4v) is 5.30. The first kappa shape index (κ1) is 23.3. The molecule has 0 bridgehead atoms. The van der Waals surface area contributed by atoms with Crippen LogP contribution in [0.25, 0.3) is 16.9 Å². The van der Waals surface area contributed by atoms with E-state index in [2.05, 4.69) is 21.9 Å². The van der Waals surface area contributed by atoms with E-state index in [1.165, 1.54) is 0 Å². The van der Waals surface area contributed by atoms with Gasteiger partial charge in [-0.05, 0) is 50.5 Å². The molecular weight excluding hydrogens is 455 g/mol. The lowest BCUT2D eigenvalue weighted by Crippen LogP contribution is -2.53. The molecule has 6 rings (SSSR count). The Bertz CT molecular complexity index is 1400. The van der Waals surface area contributed by atoms with Gasteiger partial charge in [0.2, 0.25) is 0 Å². The Labute approximate surface area is 201 Å². The number of benzene rings is 1. The zero-order chi connectivity index (χ0) is 24.9. The summed E-state index contributed by atoms with van der Waals surface area (Å²) in [6.45, 7) is 5.03. The maximum Gasteiger partial charge on any atom is 0.194 e. The van der Waals surface area contributed by atoms with Crippen molar-refractivity contribution in [3.05, 3.63) is 76.6 Å². The van der Waals surface area contributed by atoms with Crippen LogP contribution in [0.5, 0.6) is 0 Å². The molecule has 2 atom stereocenters. The molecule has 3 aromatic heterocycles. The van der Waals surface area contributed by atoms with Crippen LogP contribution in [0.4, 0.5) is 13.2 Å². The Morgan fingerprint density at radius 2 is 1.91 bits per heavy atom. The molecule has 0 radical (unpaired) electrons. The molecule has 0 spiro atoms. The molecular formula is C26H26F3N5O. The number of fused-ring (bicyclic) bond motifs is 3. The van der Waals surface area contributed by atoms with E-state index >= 15 is 0 Å². The molecule has 0 N–H and O–H groups in total. The highest BCUT2D eigenvalue weighted by molar-refractivity contribution is 5.76. The minimum absolute atomic E-state index is 0.257. The molecule has 4 aromatic rings. The molecule has 35 heavy (non-hydrogen) atoms. The fraction of sp³-hybridized carbons (Fsp3) is 0.346. The van der Waals surface area contributed by atoms with E-state index in [4.69, 9.17) is 0 Å². The van der Waals surface area contributed by atoms with Crippen LogP contribution in [-0.4, -0.2) is 42.9 Å². The third kappa shape index (κ3) is 3.83. The third-order valence-electron chi connectivity index (χ3n) is 7.03. The Kier molecular flexibility index (Phi) is 5.96. The quantitative estimate of drug-likeness (QED) is 0.304. The van der Waals surface area contributed by atoms with Gasteiger partial charge in [-0.1, -0.05) is 13.0 Å². The summed E-state index contributed by atoms with van der Waals surface area (Å²) >= 11 is 0. The summed E-state index contributed by atoms with van der Waals surface area (Å²) in [5.74, 6) is -3.76. The van der Waals surface area contributed by atoms with E-state index in [0.717, 1.165) is 66.8 Å². The van der Waals surface area contributed by atoms with Crippen LogP contribution in [0.15, 0.2) is 36.5 Å². The highest BCUT2D eigenvalue weighted by atomic mass is 19.2. The lowest BCUT2D eigenvalue weighted by Gasteiger charge is -2.49. The number of hydrogen-bond donors (Lipinski definition) is 0. The van der Waals surface area contributed by atoms with E-state index in [0.29, 0.717) is 23.0 Å². The number of imidazole rings is 1. The maximum atomic E-state index is 13.6. The van der Waals surface area contributed by atoms with Crippen molar-refractivity contribution in [1.29, 1.82) is 0 Å². The summed E-state index contributed by atoms with van der Waals surface area (Å²) in [6, 6.07) is 8.50. The standard InChI is InChI=1S/C17H18F3N3.C9H8N2O/c1-3-14-16-11(8-10-4-5-23(10)14)17(22(2)21-16)9-6-12(18)15(20)13(19)7-9;1-7-8(6-12)11-5-3-2-4-9(11)10-7/h6-7,10,14H,3-5,8H2,1-2H3;2-6H,1H3. The van der Waals surface area contributed by atoms with Gasteiger partial charge in [-0.2, -0.15) is 5.10 Å². The fourth-order valence-electron chi connectivity index (χ4n) is 5.30. The van der Waals surface area contributed by atoms with Crippen molar-refractivity contribution in [2.45, 2.75) is 45.2 Å². The first-order chi connectivity index (χ1) is 16.8. The third-order valence-corrected chi connectivity index (χ3v) is 7.03. The zero-order valence-corrected chi connectivity index (χ0v) is 19.8. The van der Waals surface area contributed by atoms with Crippen LogP contribution in [0.3, 0.4) is 0 Å². The van der Waals surface area contributed by atoms with Gasteiger partial charge in [0, 0.05) is 37.0 Å². The number of carbonyl (C=O) groups is 1. The zero-order valence-electron chi connectivity index (χ0n) is 19.8. The molecule has 1 aromatic carbocycles. The molecule has 182 valence electrons. The van der Waals surface area contributed by atoms with Crippen LogP contribution in [0, 0.1) is 24.4 Å². The number of aromatic nitrogens is 4. The molecule has 5 heterocycles. The van der Waals surface area contributed by atoms with Gasteiger partial charge in [0.25, 0.3) is 0 Å². The summed E-state index contributed by atoms with van der Waals surface area (Å²) in [5, 5.41) is 4.62. The summed E-state index contributed by atoms with van der Waals surface area (Å²) in [4.78, 5) is 17.3. The van der Waals surface area contributed by atoms with E-state index in [1.54, 1.807) is 16.1 Å². The van der Waals surface area contributed by atoms with Gasteiger partial charge in [-0.3, -0.25) is 18.8 Å². The van der Waals surface area contributed by atoms with Crippen molar-refractivity contribution in [3.63, 3.8) is 0 Å². The molecule has 2 aliphatic heterocycles. The lowest BCUT2D eigenvalue weighted by atomic mass is 9.83. The Balaban J connectivity index is 0.000000178. The van der Waals surface area contributed by atoms with Crippen molar-refractivity contribution in [2.75, 3.05) is 6.54 Å². The number of aryl methyl sites for hydroxylation is 2. The van der Waals surface area contributed by atoms with Crippen LogP contribution in [-0.2, 0) is 13.5 Å². The second-order valence-electron chi connectivity index (χ2n) is 9.03. The number of pyridine rings is 1. The minimum atomic E-state index is -1.43. The van der Waals surface area contributed by atoms with Gasteiger partial charge in [-0.25, -0.2) is 18.2 Å². The van der Waals surface area contributed by atoms with E-state index in [1.807, 2.05) is 31.3 Å². The average molecular weight is 482 g/mol. The van der Waals surface area contributed by atoms with Gasteiger partial charge in [0.15, 0.2) is 23.7 Å². The molecule has 0 amide bonds. The van der Waals surface area contributed by atoms with E-state index in [-0.39, 0.29) is 6.04 Å². The molecule has 1 fully saturated rings. The van der Waals surface area contributed by atoms with Gasteiger partial charge in [0.05, 0.1) is 23.1 Å². The topological polar surface area (TPSA) is 55.4 Å². The SMILES string of the molecule is CCC1c2nn(C)c(-c3cc(F)c(F)c(F)c3)c2CC2CCN21.Cc1nc2ccccn2c1C=O. The molecule has 9 heteroatoms.